The first-order valence-corrected chi connectivity index (χ1v) is 10.9. The fraction of sp³-hybridized carbons (Fsp3) is 0.864. The number of hydrogen-bond acceptors (Lipinski definition) is 5. The minimum absolute atomic E-state index is 0.285. The van der Waals surface area contributed by atoms with Crippen LogP contribution in [0.1, 0.15) is 96.8 Å². The molecule has 0 aliphatic heterocycles. The van der Waals surface area contributed by atoms with Crippen LogP contribution in [0.4, 0.5) is 0 Å². The second kappa shape index (κ2) is 19.8. The van der Waals surface area contributed by atoms with Gasteiger partial charge in [-0.15, -0.1) is 0 Å². The van der Waals surface area contributed by atoms with Gasteiger partial charge >= 0.3 is 5.97 Å². The summed E-state index contributed by atoms with van der Waals surface area (Å²) in [6.45, 7) is 1.22. The Bertz CT molecular complexity index is 357. The summed E-state index contributed by atoms with van der Waals surface area (Å²) in [5, 5.41) is 27.2. The number of unbranched alkanes of at least 4 members (excludes halogenated alkanes) is 11. The Hall–Kier alpha value is -0.910. The average Bonchev–Trinajstić information content (AvgIpc) is 2.68. The standard InChI is InChI=1S/C22H42O5/c1-2-3-4-5-6-7-8-9-10-11-12-13-14-15-16-17-22(26)27-21(19-24)20(25)18-23/h9-10,20-21,23-25H,2-8,11-19H2,1H3/b10-9-/t20-,21+/m1/s1. The van der Waals surface area contributed by atoms with E-state index < -0.39 is 31.4 Å². The summed E-state index contributed by atoms with van der Waals surface area (Å²) < 4.78 is 4.96. The summed E-state index contributed by atoms with van der Waals surface area (Å²) in [4.78, 5) is 11.6. The highest BCUT2D eigenvalue weighted by Gasteiger charge is 2.21. The molecule has 0 aliphatic rings. The summed E-state index contributed by atoms with van der Waals surface area (Å²) in [5.74, 6) is -0.431. The van der Waals surface area contributed by atoms with Crippen LogP contribution in [0.25, 0.3) is 0 Å². The van der Waals surface area contributed by atoms with Crippen LogP contribution >= 0.6 is 0 Å². The second-order valence-electron chi connectivity index (χ2n) is 7.30. The number of esters is 1. The van der Waals surface area contributed by atoms with Crippen LogP contribution in [0.2, 0.25) is 0 Å². The highest BCUT2D eigenvalue weighted by Crippen LogP contribution is 2.11. The molecule has 3 N–H and O–H groups in total. The highest BCUT2D eigenvalue weighted by molar-refractivity contribution is 5.69. The van der Waals surface area contributed by atoms with Gasteiger partial charge in [-0.3, -0.25) is 4.79 Å². The maximum absolute atomic E-state index is 11.6. The van der Waals surface area contributed by atoms with E-state index in [9.17, 15) is 9.90 Å². The maximum Gasteiger partial charge on any atom is 0.306 e. The van der Waals surface area contributed by atoms with Crippen LogP contribution in [0.3, 0.4) is 0 Å². The van der Waals surface area contributed by atoms with Gasteiger partial charge < -0.3 is 20.1 Å². The number of aliphatic hydroxyl groups excluding tert-OH is 3. The predicted molar refractivity (Wildman–Crippen MR) is 110 cm³/mol. The summed E-state index contributed by atoms with van der Waals surface area (Å²) in [6.07, 6.45) is 18.2. The number of hydrogen-bond donors (Lipinski definition) is 3. The summed E-state index contributed by atoms with van der Waals surface area (Å²) >= 11 is 0. The van der Waals surface area contributed by atoms with Crippen LogP contribution in [0, 0.1) is 0 Å². The Morgan fingerprint density at radius 2 is 1.33 bits per heavy atom. The van der Waals surface area contributed by atoms with Gasteiger partial charge in [-0.2, -0.15) is 0 Å². The topological polar surface area (TPSA) is 87.0 Å². The monoisotopic (exact) mass is 386 g/mol. The van der Waals surface area contributed by atoms with E-state index >= 15 is 0 Å². The predicted octanol–water partition coefficient (Wildman–Crippen LogP) is 4.28. The van der Waals surface area contributed by atoms with E-state index in [1.807, 2.05) is 0 Å². The lowest BCUT2D eigenvalue weighted by Gasteiger charge is -2.19. The number of carbonyl (C=O) groups excluding carboxylic acids is 1. The Balaban J connectivity index is 3.41. The molecule has 0 fully saturated rings. The Kier molecular flexibility index (Phi) is 19.2. The van der Waals surface area contributed by atoms with E-state index in [-0.39, 0.29) is 6.42 Å². The smallest absolute Gasteiger partial charge is 0.306 e. The van der Waals surface area contributed by atoms with Crippen molar-refractivity contribution in [2.45, 2.75) is 109 Å². The van der Waals surface area contributed by atoms with Gasteiger partial charge in [-0.1, -0.05) is 70.4 Å². The van der Waals surface area contributed by atoms with Crippen molar-refractivity contribution < 1.29 is 24.9 Å². The van der Waals surface area contributed by atoms with Crippen LogP contribution in [0.5, 0.6) is 0 Å². The molecule has 2 atom stereocenters. The lowest BCUT2D eigenvalue weighted by Crippen LogP contribution is -2.36. The van der Waals surface area contributed by atoms with Crippen molar-refractivity contribution in [3.05, 3.63) is 12.2 Å². The van der Waals surface area contributed by atoms with E-state index in [1.54, 1.807) is 0 Å². The largest absolute Gasteiger partial charge is 0.457 e. The van der Waals surface area contributed by atoms with Gasteiger partial charge in [0.15, 0.2) is 6.10 Å². The number of allylic oxidation sites excluding steroid dienone is 2. The first-order chi connectivity index (χ1) is 13.2. The van der Waals surface area contributed by atoms with Gasteiger partial charge in [0.2, 0.25) is 0 Å². The van der Waals surface area contributed by atoms with Crippen LogP contribution in [-0.4, -0.2) is 46.7 Å². The minimum Gasteiger partial charge on any atom is -0.457 e. The number of ether oxygens (including phenoxy) is 1. The molecule has 0 aliphatic carbocycles. The molecule has 27 heavy (non-hydrogen) atoms. The van der Waals surface area contributed by atoms with E-state index in [0.717, 1.165) is 25.7 Å². The first-order valence-electron chi connectivity index (χ1n) is 10.9. The van der Waals surface area contributed by atoms with E-state index in [0.29, 0.717) is 0 Å². The Morgan fingerprint density at radius 1 is 0.815 bits per heavy atom. The Labute approximate surface area is 165 Å². The summed E-state index contributed by atoms with van der Waals surface area (Å²) in [5.41, 5.74) is 0. The lowest BCUT2D eigenvalue weighted by atomic mass is 10.1. The average molecular weight is 387 g/mol. The van der Waals surface area contributed by atoms with Crippen molar-refractivity contribution in [2.24, 2.45) is 0 Å². The van der Waals surface area contributed by atoms with Crippen molar-refractivity contribution in [2.75, 3.05) is 13.2 Å². The third kappa shape index (κ3) is 17.0. The third-order valence-corrected chi connectivity index (χ3v) is 4.72. The molecule has 0 rings (SSSR count). The molecular weight excluding hydrogens is 344 g/mol. The fourth-order valence-electron chi connectivity index (χ4n) is 2.92. The maximum atomic E-state index is 11.6. The molecule has 5 nitrogen and oxygen atoms in total. The zero-order valence-corrected chi connectivity index (χ0v) is 17.3. The van der Waals surface area contributed by atoms with Gasteiger partial charge in [0.25, 0.3) is 0 Å². The van der Waals surface area contributed by atoms with Crippen LogP contribution in [-0.2, 0) is 9.53 Å². The number of rotatable bonds is 19. The van der Waals surface area contributed by atoms with Gasteiger partial charge in [0.1, 0.15) is 6.10 Å². The molecule has 0 aromatic rings. The Morgan fingerprint density at radius 3 is 1.85 bits per heavy atom. The molecule has 0 spiro atoms. The molecule has 0 aromatic carbocycles. The molecular formula is C22H42O5. The SMILES string of the molecule is CCCCCCCC/C=C\CCCCCCCC(=O)O[C@@H](CO)[C@H](O)CO. The summed E-state index contributed by atoms with van der Waals surface area (Å²) in [6, 6.07) is 0. The quantitative estimate of drug-likeness (QED) is 0.175. The minimum atomic E-state index is -1.23. The van der Waals surface area contributed by atoms with Gasteiger partial charge in [0.05, 0.1) is 13.2 Å². The van der Waals surface area contributed by atoms with Crippen molar-refractivity contribution in [3.63, 3.8) is 0 Å². The number of aliphatic hydroxyl groups is 3. The van der Waals surface area contributed by atoms with Crippen molar-refractivity contribution in [3.8, 4) is 0 Å². The molecule has 0 bridgehead atoms. The van der Waals surface area contributed by atoms with Gasteiger partial charge in [0, 0.05) is 6.42 Å². The molecule has 0 saturated carbocycles. The van der Waals surface area contributed by atoms with E-state index in [4.69, 9.17) is 14.9 Å². The first kappa shape index (κ1) is 26.1. The molecule has 0 radical (unpaired) electrons. The van der Waals surface area contributed by atoms with E-state index in [1.165, 1.54) is 57.8 Å². The highest BCUT2D eigenvalue weighted by atomic mass is 16.6. The molecule has 0 saturated heterocycles. The third-order valence-electron chi connectivity index (χ3n) is 4.72. The fourth-order valence-corrected chi connectivity index (χ4v) is 2.92. The van der Waals surface area contributed by atoms with Crippen molar-refractivity contribution in [1.82, 2.24) is 0 Å². The second-order valence-corrected chi connectivity index (χ2v) is 7.30. The van der Waals surface area contributed by atoms with Crippen molar-refractivity contribution >= 4 is 5.97 Å². The van der Waals surface area contributed by atoms with Crippen molar-refractivity contribution in [1.29, 1.82) is 0 Å². The van der Waals surface area contributed by atoms with Crippen LogP contribution < -0.4 is 0 Å². The van der Waals surface area contributed by atoms with E-state index in [2.05, 4.69) is 19.1 Å². The molecule has 5 heteroatoms. The molecule has 0 amide bonds. The number of carbonyl (C=O) groups is 1. The molecule has 0 unspecified atom stereocenters. The normalized spacial score (nSPS) is 13.8. The molecule has 160 valence electrons. The molecule has 0 aromatic heterocycles. The zero-order chi connectivity index (χ0) is 20.2. The van der Waals surface area contributed by atoms with Gasteiger partial charge in [-0.25, -0.2) is 0 Å². The molecule has 0 heterocycles. The van der Waals surface area contributed by atoms with Crippen LogP contribution in [0.15, 0.2) is 12.2 Å². The zero-order valence-electron chi connectivity index (χ0n) is 17.3. The van der Waals surface area contributed by atoms with Gasteiger partial charge in [-0.05, 0) is 32.1 Å². The lowest BCUT2D eigenvalue weighted by molar-refractivity contribution is -0.160. The summed E-state index contributed by atoms with van der Waals surface area (Å²) in [7, 11) is 0.